The van der Waals surface area contributed by atoms with Crippen molar-refractivity contribution in [3.8, 4) is 5.75 Å². The van der Waals surface area contributed by atoms with E-state index in [1.54, 1.807) is 0 Å². The molecule has 0 radical (unpaired) electrons. The molecule has 94 valence electrons. The van der Waals surface area contributed by atoms with Crippen LogP contribution >= 0.6 is 38.5 Å². The molecule has 5 nitrogen and oxygen atoms in total. The van der Waals surface area contributed by atoms with Crippen LogP contribution < -0.4 is 4.74 Å². The van der Waals surface area contributed by atoms with Crippen LogP contribution in [0, 0.1) is 13.7 Å². The molecule has 17 heavy (non-hydrogen) atoms. The van der Waals surface area contributed by atoms with Gasteiger partial charge in [0.1, 0.15) is 6.20 Å². The largest absolute Gasteiger partial charge is 0.573 e. The Balaban J connectivity index is 3.32. The van der Waals surface area contributed by atoms with E-state index >= 15 is 0 Å². The Labute approximate surface area is 115 Å². The third-order valence-electron chi connectivity index (χ3n) is 1.56. The summed E-state index contributed by atoms with van der Waals surface area (Å²) in [5.41, 5.74) is 0.0809. The van der Waals surface area contributed by atoms with E-state index in [1.807, 2.05) is 0 Å². The van der Waals surface area contributed by atoms with Crippen LogP contribution in [0.3, 0.4) is 0 Å². The van der Waals surface area contributed by atoms with Gasteiger partial charge in [-0.15, -0.1) is 13.2 Å². The summed E-state index contributed by atoms with van der Waals surface area (Å²) in [5.74, 6) is -1.27. The number of pyridine rings is 1. The number of nitrogens with zero attached hydrogens (tertiary/aromatic N) is 2. The van der Waals surface area contributed by atoms with Gasteiger partial charge in [0, 0.05) is 5.33 Å². The smallest absolute Gasteiger partial charge is 0.404 e. The first-order valence-corrected chi connectivity index (χ1v) is 6.09. The van der Waals surface area contributed by atoms with Gasteiger partial charge in [-0.05, 0) is 32.5 Å². The minimum absolute atomic E-state index is 0.0411. The lowest BCUT2D eigenvalue weighted by molar-refractivity contribution is -0.390. The van der Waals surface area contributed by atoms with E-state index in [1.165, 1.54) is 22.6 Å². The van der Waals surface area contributed by atoms with Crippen LogP contribution in [0.1, 0.15) is 5.56 Å². The normalized spacial score (nSPS) is 11.4. The van der Waals surface area contributed by atoms with Gasteiger partial charge in [0.05, 0.1) is 5.56 Å². The Kier molecular flexibility index (Phi) is 4.52. The number of aromatic nitrogens is 1. The maximum atomic E-state index is 12.1. The first-order chi connectivity index (χ1) is 7.76. The summed E-state index contributed by atoms with van der Waals surface area (Å²) in [4.78, 5) is 13.1. The average molecular weight is 427 g/mol. The third-order valence-corrected chi connectivity index (χ3v) is 3.14. The van der Waals surface area contributed by atoms with Gasteiger partial charge >= 0.3 is 12.2 Å². The lowest BCUT2D eigenvalue weighted by Crippen LogP contribution is -2.19. The monoisotopic (exact) mass is 426 g/mol. The second-order valence-electron chi connectivity index (χ2n) is 2.69. The molecule has 0 aliphatic carbocycles. The summed E-state index contributed by atoms with van der Waals surface area (Å²) in [6, 6.07) is 0. The second-order valence-corrected chi connectivity index (χ2v) is 4.33. The molecule has 0 spiro atoms. The zero-order valence-electron chi connectivity index (χ0n) is 7.79. The summed E-state index contributed by atoms with van der Waals surface area (Å²) in [6.07, 6.45) is -3.94. The topological polar surface area (TPSA) is 65.3 Å². The van der Waals surface area contributed by atoms with Crippen molar-refractivity contribution in [3.63, 3.8) is 0 Å². The Morgan fingerprint density at radius 3 is 2.59 bits per heavy atom. The zero-order valence-corrected chi connectivity index (χ0v) is 11.5. The molecule has 0 aromatic carbocycles. The minimum Gasteiger partial charge on any atom is -0.404 e. The quantitative estimate of drug-likeness (QED) is 0.321. The first kappa shape index (κ1) is 14.4. The fraction of sp³-hybridized carbons (Fsp3) is 0.286. The molecule has 1 heterocycles. The van der Waals surface area contributed by atoms with E-state index in [-0.39, 0.29) is 14.5 Å². The number of ether oxygens (including phenoxy) is 1. The number of hydrogen-bond acceptors (Lipinski definition) is 4. The summed E-state index contributed by atoms with van der Waals surface area (Å²) in [7, 11) is 0. The third kappa shape index (κ3) is 3.66. The molecule has 1 aromatic rings. The maximum absolute atomic E-state index is 12.1. The first-order valence-electron chi connectivity index (χ1n) is 3.89. The maximum Gasteiger partial charge on any atom is 0.573 e. The molecule has 0 saturated heterocycles. The summed E-state index contributed by atoms with van der Waals surface area (Å²) in [5, 5.41) is 10.6. The lowest BCUT2D eigenvalue weighted by Gasteiger charge is -2.12. The SMILES string of the molecule is O=[N+]([O-])c1ncc(CBr)c(OC(F)(F)F)c1I. The van der Waals surface area contributed by atoms with Crippen molar-refractivity contribution < 1.29 is 22.8 Å². The highest BCUT2D eigenvalue weighted by Gasteiger charge is 2.35. The van der Waals surface area contributed by atoms with Crippen LogP contribution in [0.15, 0.2) is 6.20 Å². The fourth-order valence-corrected chi connectivity index (χ4v) is 2.14. The van der Waals surface area contributed by atoms with Gasteiger partial charge in [-0.25, -0.2) is 0 Å². The van der Waals surface area contributed by atoms with Gasteiger partial charge in [0.25, 0.3) is 0 Å². The molecule has 0 saturated carbocycles. The highest BCUT2D eigenvalue weighted by molar-refractivity contribution is 14.1. The second kappa shape index (κ2) is 5.33. The van der Waals surface area contributed by atoms with Crippen molar-refractivity contribution in [2.24, 2.45) is 0 Å². The number of nitro groups is 1. The standard InChI is InChI=1S/C7H3BrF3IN2O3/c8-1-3-2-13-6(14(15)16)4(12)5(3)17-7(9,10)11/h2H,1H2. The molecule has 0 unspecified atom stereocenters. The zero-order chi connectivity index (χ0) is 13.2. The summed E-state index contributed by atoms with van der Waals surface area (Å²) in [6.45, 7) is 0. The van der Waals surface area contributed by atoms with Crippen LogP contribution in [0.4, 0.5) is 19.0 Å². The molecule has 10 heteroatoms. The molecule has 0 bridgehead atoms. The lowest BCUT2D eigenvalue weighted by atomic mass is 10.3. The Morgan fingerprint density at radius 1 is 1.59 bits per heavy atom. The van der Waals surface area contributed by atoms with Crippen molar-refractivity contribution >= 4 is 44.3 Å². The Bertz CT molecular complexity index is 455. The van der Waals surface area contributed by atoms with Crippen LogP contribution in [0.2, 0.25) is 0 Å². The van der Waals surface area contributed by atoms with Crippen molar-refractivity contribution in [2.45, 2.75) is 11.7 Å². The van der Waals surface area contributed by atoms with Crippen molar-refractivity contribution in [3.05, 3.63) is 25.4 Å². The predicted octanol–water partition coefficient (Wildman–Crippen LogP) is 3.39. The van der Waals surface area contributed by atoms with Gasteiger partial charge in [0.15, 0.2) is 9.32 Å². The molecule has 0 amide bonds. The molecule has 1 aromatic heterocycles. The minimum atomic E-state index is -4.91. The van der Waals surface area contributed by atoms with Gasteiger partial charge in [-0.3, -0.25) is 0 Å². The van der Waals surface area contributed by atoms with Gasteiger partial charge in [-0.2, -0.15) is 0 Å². The molecule has 0 N–H and O–H groups in total. The number of hydrogen-bond donors (Lipinski definition) is 0. The van der Waals surface area contributed by atoms with Gasteiger partial charge in [-0.1, -0.05) is 15.9 Å². The van der Waals surface area contributed by atoms with Gasteiger partial charge in [0.2, 0.25) is 0 Å². The molecular formula is C7H3BrF3IN2O3. The number of rotatable bonds is 3. The average Bonchev–Trinajstić information content (AvgIpc) is 2.18. The van der Waals surface area contributed by atoms with Gasteiger partial charge < -0.3 is 14.9 Å². The highest BCUT2D eigenvalue weighted by Crippen LogP contribution is 2.36. The van der Waals surface area contributed by atoms with E-state index in [2.05, 4.69) is 25.7 Å². The van der Waals surface area contributed by atoms with E-state index in [0.717, 1.165) is 6.20 Å². The molecule has 1 rings (SSSR count). The predicted molar refractivity (Wildman–Crippen MR) is 62.9 cm³/mol. The van der Waals surface area contributed by atoms with E-state index in [4.69, 9.17) is 0 Å². The molecule has 0 aliphatic heterocycles. The summed E-state index contributed by atoms with van der Waals surface area (Å²) >= 11 is 4.35. The Hall–Kier alpha value is -0.650. The number of halogens is 5. The van der Waals surface area contributed by atoms with Crippen molar-refractivity contribution in [1.82, 2.24) is 4.98 Å². The van der Waals surface area contributed by atoms with E-state index < -0.39 is 22.9 Å². The molecule has 0 fully saturated rings. The van der Waals surface area contributed by atoms with E-state index in [0.29, 0.717) is 0 Å². The molecule has 0 aliphatic rings. The van der Waals surface area contributed by atoms with Crippen LogP contribution in [-0.2, 0) is 5.33 Å². The van der Waals surface area contributed by atoms with E-state index in [9.17, 15) is 23.3 Å². The van der Waals surface area contributed by atoms with Crippen LogP contribution in [-0.4, -0.2) is 16.3 Å². The van der Waals surface area contributed by atoms with Crippen molar-refractivity contribution in [2.75, 3.05) is 0 Å². The Morgan fingerprint density at radius 2 is 2.18 bits per heavy atom. The highest BCUT2D eigenvalue weighted by atomic mass is 127. The molecule has 0 atom stereocenters. The summed E-state index contributed by atoms with van der Waals surface area (Å²) < 4.78 is 39.9. The van der Waals surface area contributed by atoms with Crippen LogP contribution in [0.25, 0.3) is 0 Å². The number of alkyl halides is 4. The fourth-order valence-electron chi connectivity index (χ4n) is 0.945. The van der Waals surface area contributed by atoms with Crippen molar-refractivity contribution in [1.29, 1.82) is 0 Å². The van der Waals surface area contributed by atoms with Crippen LogP contribution in [0.5, 0.6) is 5.75 Å². The molecular weight excluding hydrogens is 424 g/mol.